The molecule has 24 heavy (non-hydrogen) atoms. The molecule has 1 fully saturated rings. The minimum absolute atomic E-state index is 0. The van der Waals surface area contributed by atoms with E-state index in [-0.39, 0.29) is 29.9 Å². The van der Waals surface area contributed by atoms with Gasteiger partial charge in [0.05, 0.1) is 0 Å². The van der Waals surface area contributed by atoms with Gasteiger partial charge in [0.15, 0.2) is 10.3 Å². The fourth-order valence-corrected chi connectivity index (χ4v) is 4.10. The highest BCUT2D eigenvalue weighted by Gasteiger charge is 2.19. The summed E-state index contributed by atoms with van der Waals surface area (Å²) in [6, 6.07) is 0. The van der Waals surface area contributed by atoms with E-state index in [1.807, 2.05) is 6.20 Å². The van der Waals surface area contributed by atoms with Crippen molar-refractivity contribution in [1.82, 2.24) is 15.3 Å². The van der Waals surface area contributed by atoms with Gasteiger partial charge in [-0.25, -0.2) is 9.97 Å². The maximum absolute atomic E-state index is 12.2. The Morgan fingerprint density at radius 1 is 1.25 bits per heavy atom. The first-order valence-corrected chi connectivity index (χ1v) is 9.02. The molecule has 1 aliphatic heterocycles. The van der Waals surface area contributed by atoms with Crippen LogP contribution in [0, 0.1) is 0 Å². The first-order chi connectivity index (χ1) is 11.1. The number of hydrogen-bond donors (Lipinski definition) is 3. The van der Waals surface area contributed by atoms with Crippen LogP contribution in [0.4, 0.5) is 10.3 Å². The van der Waals surface area contributed by atoms with Gasteiger partial charge in [-0.15, -0.1) is 35.1 Å². The van der Waals surface area contributed by atoms with E-state index < -0.39 is 0 Å². The molecule has 0 radical (unpaired) electrons. The number of amides is 2. The molecule has 0 unspecified atom stereocenters. The van der Waals surface area contributed by atoms with E-state index in [9.17, 15) is 9.59 Å². The van der Waals surface area contributed by atoms with Gasteiger partial charge in [-0.3, -0.25) is 14.9 Å². The van der Waals surface area contributed by atoms with Crippen molar-refractivity contribution < 1.29 is 9.59 Å². The lowest BCUT2D eigenvalue weighted by Crippen LogP contribution is -2.26. The van der Waals surface area contributed by atoms with Crippen LogP contribution >= 0.6 is 35.1 Å². The SMILES string of the molecule is CC(=O)Nc1nc(C(=O)Nc2ncc(C3CCNCC3)s2)cs1.Cl. The number of halogens is 1. The molecule has 3 heterocycles. The van der Waals surface area contributed by atoms with E-state index in [2.05, 4.69) is 25.9 Å². The first kappa shape index (κ1) is 18.8. The predicted octanol–water partition coefficient (Wildman–Crippen LogP) is 2.70. The Bertz CT molecular complexity index is 712. The van der Waals surface area contributed by atoms with E-state index in [1.54, 1.807) is 5.38 Å². The number of anilines is 2. The third-order valence-electron chi connectivity index (χ3n) is 3.51. The van der Waals surface area contributed by atoms with Gasteiger partial charge in [0.1, 0.15) is 5.69 Å². The fraction of sp³-hybridized carbons (Fsp3) is 0.429. The molecule has 130 valence electrons. The van der Waals surface area contributed by atoms with Crippen LogP contribution < -0.4 is 16.0 Å². The molecule has 0 atom stereocenters. The van der Waals surface area contributed by atoms with Crippen LogP contribution in [0.25, 0.3) is 0 Å². The van der Waals surface area contributed by atoms with Gasteiger partial charge in [-0.05, 0) is 31.8 Å². The Morgan fingerprint density at radius 2 is 2.00 bits per heavy atom. The summed E-state index contributed by atoms with van der Waals surface area (Å²) in [5.74, 6) is -0.00745. The van der Waals surface area contributed by atoms with Gasteiger partial charge in [0.2, 0.25) is 5.91 Å². The molecule has 0 spiro atoms. The van der Waals surface area contributed by atoms with Crippen molar-refractivity contribution in [3.63, 3.8) is 0 Å². The van der Waals surface area contributed by atoms with Crippen LogP contribution in [0.15, 0.2) is 11.6 Å². The molecular weight excluding hydrogens is 370 g/mol. The summed E-state index contributed by atoms with van der Waals surface area (Å²) >= 11 is 2.73. The van der Waals surface area contributed by atoms with Crippen molar-refractivity contribution >= 4 is 57.2 Å². The first-order valence-electron chi connectivity index (χ1n) is 7.32. The number of carbonyl (C=O) groups is 2. The van der Waals surface area contributed by atoms with Crippen molar-refractivity contribution in [1.29, 1.82) is 0 Å². The summed E-state index contributed by atoms with van der Waals surface area (Å²) in [5, 5.41) is 11.3. The number of hydrogen-bond acceptors (Lipinski definition) is 7. The summed E-state index contributed by atoms with van der Waals surface area (Å²) in [6.45, 7) is 3.45. The van der Waals surface area contributed by atoms with Crippen molar-refractivity contribution in [3.05, 3.63) is 22.1 Å². The van der Waals surface area contributed by atoms with E-state index in [0.29, 0.717) is 16.2 Å². The Balaban J connectivity index is 0.00000208. The second kappa shape index (κ2) is 8.52. The lowest BCUT2D eigenvalue weighted by atomic mass is 9.97. The monoisotopic (exact) mass is 387 g/mol. The van der Waals surface area contributed by atoms with E-state index in [4.69, 9.17) is 0 Å². The number of piperidine rings is 1. The second-order valence-corrected chi connectivity index (χ2v) is 7.19. The predicted molar refractivity (Wildman–Crippen MR) is 98.6 cm³/mol. The molecule has 3 rings (SSSR count). The number of aromatic nitrogens is 2. The summed E-state index contributed by atoms with van der Waals surface area (Å²) in [5.41, 5.74) is 0.275. The molecule has 2 aromatic rings. The molecule has 2 amide bonds. The minimum atomic E-state index is -0.316. The van der Waals surface area contributed by atoms with Crippen LogP contribution in [-0.2, 0) is 4.79 Å². The van der Waals surface area contributed by atoms with Gasteiger partial charge in [-0.1, -0.05) is 0 Å². The molecule has 10 heteroatoms. The highest BCUT2D eigenvalue weighted by molar-refractivity contribution is 7.16. The van der Waals surface area contributed by atoms with Crippen molar-refractivity contribution in [2.24, 2.45) is 0 Å². The maximum Gasteiger partial charge on any atom is 0.276 e. The van der Waals surface area contributed by atoms with Crippen LogP contribution in [0.1, 0.15) is 41.0 Å². The molecule has 7 nitrogen and oxygen atoms in total. The third kappa shape index (κ3) is 4.73. The summed E-state index contributed by atoms with van der Waals surface area (Å²) < 4.78 is 0. The van der Waals surface area contributed by atoms with Crippen LogP contribution in [0.5, 0.6) is 0 Å². The van der Waals surface area contributed by atoms with Gasteiger partial charge in [-0.2, -0.15) is 0 Å². The van der Waals surface area contributed by atoms with E-state index in [0.717, 1.165) is 25.9 Å². The Hall–Kier alpha value is -1.55. The zero-order chi connectivity index (χ0) is 16.2. The summed E-state index contributed by atoms with van der Waals surface area (Å²) in [7, 11) is 0. The van der Waals surface area contributed by atoms with Gasteiger partial charge in [0, 0.05) is 23.4 Å². The number of nitrogens with zero attached hydrogens (tertiary/aromatic N) is 2. The molecule has 2 aromatic heterocycles. The van der Waals surface area contributed by atoms with Gasteiger partial charge >= 0.3 is 0 Å². The number of carbonyl (C=O) groups excluding carboxylic acids is 2. The standard InChI is InChI=1S/C14H17N5O2S2.ClH/c1-8(20)17-14-18-10(7-22-14)12(21)19-13-16-6-11(23-13)9-2-4-15-5-3-9;/h6-7,9,15H,2-5H2,1H3,(H,16,19,21)(H,17,18,20);1H. The lowest BCUT2D eigenvalue weighted by Gasteiger charge is -2.20. The highest BCUT2D eigenvalue weighted by atomic mass is 35.5. The average Bonchev–Trinajstić information content (AvgIpc) is 3.17. The second-order valence-electron chi connectivity index (χ2n) is 5.27. The van der Waals surface area contributed by atoms with Crippen molar-refractivity contribution in [2.45, 2.75) is 25.7 Å². The Morgan fingerprint density at radius 3 is 2.71 bits per heavy atom. The molecule has 1 saturated heterocycles. The number of nitrogens with one attached hydrogen (secondary N) is 3. The normalized spacial score (nSPS) is 14.7. The smallest absolute Gasteiger partial charge is 0.276 e. The zero-order valence-electron chi connectivity index (χ0n) is 13.0. The third-order valence-corrected chi connectivity index (χ3v) is 5.34. The minimum Gasteiger partial charge on any atom is -0.317 e. The average molecular weight is 388 g/mol. The Kier molecular flexibility index (Phi) is 6.67. The molecule has 0 bridgehead atoms. The number of thiazole rings is 2. The van der Waals surface area contributed by atoms with E-state index >= 15 is 0 Å². The topological polar surface area (TPSA) is 96.0 Å². The molecule has 3 N–H and O–H groups in total. The van der Waals surface area contributed by atoms with Gasteiger partial charge < -0.3 is 10.6 Å². The van der Waals surface area contributed by atoms with Gasteiger partial charge in [0.25, 0.3) is 5.91 Å². The highest BCUT2D eigenvalue weighted by Crippen LogP contribution is 2.31. The molecule has 1 aliphatic rings. The van der Waals surface area contributed by atoms with Crippen LogP contribution in [0.2, 0.25) is 0 Å². The Labute approximate surface area is 153 Å². The molecule has 0 saturated carbocycles. The quantitative estimate of drug-likeness (QED) is 0.749. The molecular formula is C14H18ClN5O2S2. The summed E-state index contributed by atoms with van der Waals surface area (Å²) in [6.07, 6.45) is 4.05. The van der Waals surface area contributed by atoms with Crippen molar-refractivity contribution in [3.8, 4) is 0 Å². The molecule has 0 aromatic carbocycles. The fourth-order valence-electron chi connectivity index (χ4n) is 2.39. The largest absolute Gasteiger partial charge is 0.317 e. The van der Waals surface area contributed by atoms with Crippen LogP contribution in [0.3, 0.4) is 0 Å². The molecule has 0 aliphatic carbocycles. The number of rotatable bonds is 4. The van der Waals surface area contributed by atoms with Crippen molar-refractivity contribution in [2.75, 3.05) is 23.7 Å². The summed E-state index contributed by atoms with van der Waals surface area (Å²) in [4.78, 5) is 32.7. The lowest BCUT2D eigenvalue weighted by molar-refractivity contribution is -0.114. The van der Waals surface area contributed by atoms with Crippen LogP contribution in [-0.4, -0.2) is 34.9 Å². The van der Waals surface area contributed by atoms with E-state index in [1.165, 1.54) is 34.5 Å². The zero-order valence-corrected chi connectivity index (χ0v) is 15.4. The maximum atomic E-state index is 12.2.